The number of H-pyrrole nitrogens is 1. The molecule has 7 aliphatic rings. The third kappa shape index (κ3) is 21.4. The molecule has 7 aliphatic heterocycles. The summed E-state index contributed by atoms with van der Waals surface area (Å²) in [7, 11) is -20.7. The summed E-state index contributed by atoms with van der Waals surface area (Å²) < 4.78 is 115. The van der Waals surface area contributed by atoms with Crippen LogP contribution >= 0.6 is 39.1 Å². The molecule has 0 radical (unpaired) electrons. The number of ketones is 1. The summed E-state index contributed by atoms with van der Waals surface area (Å²) in [4.78, 5) is 172. The van der Waals surface area contributed by atoms with Crippen LogP contribution in [0.5, 0.6) is 5.75 Å². The summed E-state index contributed by atoms with van der Waals surface area (Å²) in [6.07, 6.45) is -17.6. The molecule has 0 aliphatic carbocycles. The number of phosphoric acid groups is 5. The number of methoxy groups -OCH3 is 1. The third-order valence-corrected chi connectivity index (χ3v) is 21.5. The zero-order valence-corrected chi connectivity index (χ0v) is 67.3. The van der Waals surface area contributed by atoms with Gasteiger partial charge >= 0.3 is 39.1 Å². The highest BCUT2D eigenvalue weighted by Crippen LogP contribution is 2.45. The number of aromatic nitrogens is 13. The van der Waals surface area contributed by atoms with Gasteiger partial charge in [-0.15, -0.1) is 0 Å². The summed E-state index contributed by atoms with van der Waals surface area (Å²) in [5.74, 6) is 0.560. The number of carbonyl (C=O) groups is 2. The number of aromatic amines is 1. The highest BCUT2D eigenvalue weighted by Gasteiger charge is 2.53. The van der Waals surface area contributed by atoms with Gasteiger partial charge in [-0.2, -0.15) is 0 Å². The molecular formula is C60H81N16O40P5. The Bertz CT molecular complexity index is 5530. The number of nitrogens with two attached hydrogens (primary N) is 1. The van der Waals surface area contributed by atoms with Crippen molar-refractivity contribution in [3.8, 4) is 5.75 Å². The second kappa shape index (κ2) is 37.1. The van der Waals surface area contributed by atoms with Gasteiger partial charge in [-0.05, 0) is 32.9 Å². The lowest BCUT2D eigenvalue weighted by Gasteiger charge is -2.26. The first-order valence-electron chi connectivity index (χ1n) is 35.1. The smallest absolute Gasteiger partial charge is 0.469 e. The van der Waals surface area contributed by atoms with Gasteiger partial charge < -0.3 is 144 Å². The van der Waals surface area contributed by atoms with Crippen LogP contribution in [0.25, 0.3) is 33.4 Å². The zero-order valence-electron chi connectivity index (χ0n) is 62.9. The minimum atomic E-state index is -4.80. The van der Waals surface area contributed by atoms with E-state index in [1.165, 1.54) is 68.3 Å². The fourth-order valence-electron chi connectivity index (χ4n) is 13.1. The number of rotatable bonds is 21. The molecule has 0 unspecified atom stereocenters. The molecule has 0 spiro atoms. The van der Waals surface area contributed by atoms with Crippen molar-refractivity contribution in [3.05, 3.63) is 98.9 Å². The van der Waals surface area contributed by atoms with Crippen LogP contribution in [0.1, 0.15) is 64.7 Å². The van der Waals surface area contributed by atoms with Gasteiger partial charge in [0.2, 0.25) is 5.91 Å². The summed E-state index contributed by atoms with van der Waals surface area (Å²) in [6.45, 7) is 1.81. The molecule has 61 heteroatoms. The van der Waals surface area contributed by atoms with E-state index in [-0.39, 0.29) is 64.1 Å². The predicted octanol–water partition coefficient (Wildman–Crippen LogP) is -6.59. The van der Waals surface area contributed by atoms with E-state index in [0.717, 1.165) is 4.90 Å². The summed E-state index contributed by atoms with van der Waals surface area (Å²) in [6, 6.07) is 5.03. The van der Waals surface area contributed by atoms with Crippen molar-refractivity contribution in [1.82, 2.24) is 62.7 Å². The maximum atomic E-state index is 12.3. The lowest BCUT2D eigenvalue weighted by atomic mass is 10.1. The Morgan fingerprint density at radius 1 is 0.512 bits per heavy atom. The van der Waals surface area contributed by atoms with Gasteiger partial charge in [0, 0.05) is 54.9 Å². The van der Waals surface area contributed by atoms with Crippen molar-refractivity contribution in [1.29, 1.82) is 0 Å². The highest BCUT2D eigenvalue weighted by atomic mass is 31.2. The molecule has 56 nitrogen and oxygen atoms in total. The van der Waals surface area contributed by atoms with Crippen LogP contribution in [0.4, 0.5) is 17.3 Å². The van der Waals surface area contributed by atoms with E-state index in [1.54, 1.807) is 45.3 Å². The van der Waals surface area contributed by atoms with Crippen LogP contribution in [0.15, 0.2) is 64.2 Å². The number of fused-ring (bicyclic) bond motifs is 5. The molecular weight excluding hydrogens is 1740 g/mol. The largest absolute Gasteiger partial charge is 0.494 e. The molecule has 0 bridgehead atoms. The van der Waals surface area contributed by atoms with Crippen LogP contribution in [-0.4, -0.2) is 319 Å². The topological polar surface area (TPSA) is 832 Å². The van der Waals surface area contributed by atoms with E-state index in [0.29, 0.717) is 45.2 Å². The molecule has 121 heavy (non-hydrogen) atoms. The van der Waals surface area contributed by atoms with Crippen LogP contribution < -0.4 is 26.5 Å². The fraction of sp³-hybridized carbons (Fsp3) is 0.533. The van der Waals surface area contributed by atoms with Crippen molar-refractivity contribution in [3.63, 3.8) is 0 Å². The van der Waals surface area contributed by atoms with E-state index in [2.05, 4.69) is 67.5 Å². The second-order valence-corrected chi connectivity index (χ2v) is 33.5. The van der Waals surface area contributed by atoms with E-state index in [9.17, 15) is 93.1 Å². The Balaban J connectivity index is 0.000000148. The molecule has 15 rings (SSSR count). The van der Waals surface area contributed by atoms with E-state index < -0.39 is 206 Å². The molecule has 8 aromatic heterocycles. The van der Waals surface area contributed by atoms with Crippen molar-refractivity contribution < 1.29 is 183 Å². The van der Waals surface area contributed by atoms with E-state index in [4.69, 9.17) is 83.1 Å². The van der Waals surface area contributed by atoms with Crippen molar-refractivity contribution in [2.75, 3.05) is 50.8 Å². The van der Waals surface area contributed by atoms with Crippen molar-refractivity contribution >= 4 is 108 Å². The standard InChI is InChI=1S/C13H18N3O8P.C12H17N4O8P.C12H16N3O9P.C12H16N3O7P.C11H14N3O8P/c1-6-3-7(22-2)9-12(15-6)16(5-14-9)13-11(18)10(17)8(24-13)4-23-25(19,20)21;1-5-14-10-7(11(19)15(5)2)13-4-16(10)12-9(18)8(17)6(24-12)3-23-25(20,21)22;1-4-13-10-5(11(19)14-4)2-7(16)15(10)12-9(18)8(17)6(24-12)3-23-25(20,21)22;13-7-1-3-14-11-6(7)2-4-15(11)12-10(17)9(16)8(22-12)5-21-23(18,19)20;15-5-1-2-12-10-7(5)13-4-14(10)11-9(17)8(16)6(22-11)3-21-23(18,19)20/h3,5,8,10-11,13,17-18H,4H2,1-2H3,(H2,19,20,21);4,6,8-9,12,17-18H,3H2,1-2H3,(H2,20,21,22);6,8-9,12,17-18H,2-3H2,1H3,(H,13,14,19)(H2,20,21,22);1-4,8-10,12,16-17H,5H2,(H2,13,14)(H2,18,19,20);2,4,6,8-9,11,16-17H,1,3H2,(H2,18,19,20)/t8-,10-,11-,13-;2*6-,8-,9-,12-;8-,9-,10-,12-;6-,8-,9-,11-/m11111/s1. The number of Topliss-reactive ketones (excluding diaryl/α,β-unsaturated/α-hetero) is 1. The monoisotopic (exact) mass is 1820 g/mol. The Morgan fingerprint density at radius 3 is 1.38 bits per heavy atom. The first-order valence-corrected chi connectivity index (χ1v) is 42.7. The number of carbonyl (C=O) groups excluding carboxylic acids is 2. The van der Waals surface area contributed by atoms with Gasteiger partial charge in [0.1, 0.15) is 126 Å². The average Bonchev–Trinajstić information content (AvgIpc) is 1.62. The van der Waals surface area contributed by atoms with Gasteiger partial charge in [0.15, 0.2) is 65.2 Å². The van der Waals surface area contributed by atoms with Crippen LogP contribution in [0, 0.1) is 20.8 Å². The maximum Gasteiger partial charge on any atom is 0.469 e. The number of nitrogens with zero attached hydrogens (tertiary/aromatic N) is 14. The number of aliphatic hydroxyl groups is 10. The summed E-state index contributed by atoms with van der Waals surface area (Å²) in [5.41, 5.74) is 7.88. The molecule has 666 valence electrons. The molecule has 0 aromatic carbocycles. The summed E-state index contributed by atoms with van der Waals surface area (Å²) in [5, 5.41) is 102. The normalized spacial score (nSPS) is 28.6. The molecule has 5 fully saturated rings. The Kier molecular flexibility index (Phi) is 28.8. The van der Waals surface area contributed by atoms with E-state index in [1.807, 2.05) is 0 Å². The third-order valence-electron chi connectivity index (χ3n) is 19.1. The quantitative estimate of drug-likeness (QED) is 0.0297. The number of pyridine rings is 2. The number of phosphoric ester groups is 5. The molecule has 1 amide bonds. The molecule has 15 heterocycles. The first-order chi connectivity index (χ1) is 56.4. The minimum absolute atomic E-state index is 0.0130. The number of amides is 1. The zero-order chi connectivity index (χ0) is 88.9. The molecule has 20 atom stereocenters. The van der Waals surface area contributed by atoms with Gasteiger partial charge in [-0.1, -0.05) is 0 Å². The fourth-order valence-corrected chi connectivity index (χ4v) is 14.8. The molecule has 5 saturated heterocycles. The molecule has 8 aromatic rings. The second-order valence-electron chi connectivity index (χ2n) is 27.3. The van der Waals surface area contributed by atoms with E-state index >= 15 is 0 Å². The number of anilines is 2. The average molecular weight is 1820 g/mol. The Hall–Kier alpha value is -7.89. The lowest BCUT2D eigenvalue weighted by Crippen LogP contribution is -2.46. The maximum absolute atomic E-state index is 12.3. The van der Waals surface area contributed by atoms with Gasteiger partial charge in [0.05, 0.1) is 71.1 Å². The lowest BCUT2D eigenvalue weighted by molar-refractivity contribution is -0.121. The van der Waals surface area contributed by atoms with Crippen LogP contribution in [0.3, 0.4) is 0 Å². The van der Waals surface area contributed by atoms with Crippen molar-refractivity contribution in [2.24, 2.45) is 12.0 Å². The minimum Gasteiger partial charge on any atom is -0.494 e. The number of nitrogens with one attached hydrogen (secondary N) is 1. The predicted molar refractivity (Wildman–Crippen MR) is 395 cm³/mol. The first kappa shape index (κ1) is 93.8. The van der Waals surface area contributed by atoms with Crippen LogP contribution in [0.2, 0.25) is 0 Å². The van der Waals surface area contributed by atoms with Crippen LogP contribution in [-0.2, 0) is 87.4 Å². The number of hydrogen-bond donors (Lipinski definition) is 22. The summed E-state index contributed by atoms with van der Waals surface area (Å²) >= 11 is 0. The SMILES string of the molecule is COc1cc(C)nc2c1ncn2[C@@H]1O[C@H](COP(=O)(O)O)[C@@H](O)[C@H]1O.Cc1nc2c(c(=O)[nH]1)CC(=O)N2[C@@H]1O[C@H](COP(=O)(O)O)[C@@H](O)[C@H]1O.Cc1nc2c(ncn2[C@@H]2O[C@H](COP(=O)(O)O)[C@@H](O)[C@H]2O)c(=O)n1C.Nc1ccnc2c1ccn2[C@@H]1O[C@H](COP(=O)(O)O)[C@@H](O)[C@H]1O.O=C1CC=Nc2c1ncn2[C@@H]1O[C@H](COP(=O)(O)O)[C@@H](O)[C@H]1O. The number of hydrogen-bond acceptors (Lipinski definition) is 39. The number of nitrogen functional groups attached to an aromatic ring is 1. The number of aliphatic hydroxyl groups excluding tert-OH is 10. The van der Waals surface area contributed by atoms with Gasteiger partial charge in [-0.3, -0.25) is 65.0 Å². The number of aryl methyl sites for hydroxylation is 3. The molecule has 23 N–H and O–H groups in total. The number of ether oxygens (including phenoxy) is 6. The Labute approximate surface area is 675 Å². The Morgan fingerprint density at radius 2 is 0.926 bits per heavy atom. The number of aliphatic imine (C=N–C) groups is 1. The number of imidazole rings is 3. The molecule has 0 saturated carbocycles. The highest BCUT2D eigenvalue weighted by molar-refractivity contribution is 7.47. The van der Waals surface area contributed by atoms with Gasteiger partial charge in [-0.25, -0.2) is 62.7 Å². The van der Waals surface area contributed by atoms with Crippen molar-refractivity contribution in [2.45, 2.75) is 156 Å². The van der Waals surface area contributed by atoms with Gasteiger partial charge in [0.25, 0.3) is 11.1 Å².